The highest BCUT2D eigenvalue weighted by Crippen LogP contribution is 2.19. The molecule has 0 aliphatic heterocycles. The van der Waals surface area contributed by atoms with Gasteiger partial charge in [0.25, 0.3) is 0 Å². The van der Waals surface area contributed by atoms with Crippen LogP contribution >= 0.6 is 27.5 Å². The van der Waals surface area contributed by atoms with Crippen molar-refractivity contribution in [2.24, 2.45) is 0 Å². The summed E-state index contributed by atoms with van der Waals surface area (Å²) in [6.07, 6.45) is 0. The van der Waals surface area contributed by atoms with Gasteiger partial charge in [-0.1, -0.05) is 33.6 Å². The Labute approximate surface area is 118 Å². The van der Waals surface area contributed by atoms with Crippen molar-refractivity contribution < 1.29 is 4.74 Å². The summed E-state index contributed by atoms with van der Waals surface area (Å²) < 4.78 is 6.00. The summed E-state index contributed by atoms with van der Waals surface area (Å²) in [6.45, 7) is 0.398. The maximum absolute atomic E-state index is 5.93. The Morgan fingerprint density at radius 3 is 2.89 bits per heavy atom. The average molecular weight is 329 g/mol. The zero-order valence-corrected chi connectivity index (χ0v) is 12.0. The highest BCUT2D eigenvalue weighted by molar-refractivity contribution is 9.10. The molecule has 0 saturated carbocycles. The van der Waals surface area contributed by atoms with Crippen molar-refractivity contribution in [2.45, 2.75) is 6.61 Å². The molecule has 94 valence electrons. The van der Waals surface area contributed by atoms with Gasteiger partial charge in [0.15, 0.2) is 0 Å². The fourth-order valence-electron chi connectivity index (χ4n) is 1.44. The summed E-state index contributed by atoms with van der Waals surface area (Å²) in [5.41, 5.74) is 1.62. The largest absolute Gasteiger partial charge is 0.378 e. The van der Waals surface area contributed by atoms with Crippen LogP contribution in [0.5, 0.6) is 0 Å². The topological polar surface area (TPSA) is 47.0 Å². The lowest BCUT2D eigenvalue weighted by molar-refractivity contribution is 0.181. The molecule has 0 aliphatic carbocycles. The summed E-state index contributed by atoms with van der Waals surface area (Å²) in [7, 11) is 1.61. The summed E-state index contributed by atoms with van der Waals surface area (Å²) in [5, 5.41) is 3.48. The number of benzene rings is 1. The first-order chi connectivity index (χ1) is 8.67. The first-order valence-electron chi connectivity index (χ1n) is 5.22. The number of halogens is 2. The molecule has 2 rings (SSSR count). The van der Waals surface area contributed by atoms with E-state index >= 15 is 0 Å². The van der Waals surface area contributed by atoms with Crippen LogP contribution < -0.4 is 5.32 Å². The molecule has 2 aromatic rings. The number of nitrogens with one attached hydrogen (secondary N) is 1. The molecule has 0 aliphatic rings. The van der Waals surface area contributed by atoms with Gasteiger partial charge in [-0.15, -0.1) is 0 Å². The van der Waals surface area contributed by atoms with Gasteiger partial charge in [0.05, 0.1) is 12.3 Å². The minimum atomic E-state index is 0.384. The summed E-state index contributed by atoms with van der Waals surface area (Å²) in [6, 6.07) is 9.40. The molecule has 6 heteroatoms. The van der Waals surface area contributed by atoms with Crippen LogP contribution in [0.1, 0.15) is 5.69 Å². The van der Waals surface area contributed by atoms with Gasteiger partial charge in [-0.3, -0.25) is 0 Å². The Bertz CT molecular complexity index is 551. The number of methoxy groups -OCH3 is 1. The Kier molecular flexibility index (Phi) is 4.52. The van der Waals surface area contributed by atoms with Gasteiger partial charge in [-0.05, 0) is 24.3 Å². The van der Waals surface area contributed by atoms with E-state index < -0.39 is 0 Å². The number of ether oxygens (including phenoxy) is 1. The SMILES string of the molecule is COCc1cc(Cl)nc(Nc2cccc(Br)c2)n1. The molecule has 1 aromatic heterocycles. The van der Waals surface area contributed by atoms with Crippen molar-refractivity contribution in [3.8, 4) is 0 Å². The molecule has 0 radical (unpaired) electrons. The van der Waals surface area contributed by atoms with Gasteiger partial charge in [0.2, 0.25) is 5.95 Å². The maximum atomic E-state index is 5.93. The molecule has 0 atom stereocenters. The molecule has 0 saturated heterocycles. The molecular formula is C12H11BrClN3O. The molecule has 0 spiro atoms. The van der Waals surface area contributed by atoms with Crippen LogP contribution in [0, 0.1) is 0 Å². The highest BCUT2D eigenvalue weighted by atomic mass is 79.9. The summed E-state index contributed by atoms with van der Waals surface area (Å²) in [4.78, 5) is 8.41. The van der Waals surface area contributed by atoms with E-state index in [-0.39, 0.29) is 0 Å². The van der Waals surface area contributed by atoms with Crippen molar-refractivity contribution in [3.63, 3.8) is 0 Å². The van der Waals surface area contributed by atoms with Crippen molar-refractivity contribution in [2.75, 3.05) is 12.4 Å². The standard InChI is InChI=1S/C12H11BrClN3O/c1-18-7-10-6-11(14)17-12(16-10)15-9-4-2-3-8(13)5-9/h2-6H,7H2,1H3,(H,15,16,17). The van der Waals surface area contributed by atoms with Crippen LogP contribution in [-0.4, -0.2) is 17.1 Å². The molecule has 1 N–H and O–H groups in total. The predicted molar refractivity (Wildman–Crippen MR) is 75.2 cm³/mol. The lowest BCUT2D eigenvalue weighted by Gasteiger charge is -2.07. The van der Waals surface area contributed by atoms with Crippen molar-refractivity contribution >= 4 is 39.2 Å². The monoisotopic (exact) mass is 327 g/mol. The summed E-state index contributed by atoms with van der Waals surface area (Å²) >= 11 is 9.33. The normalized spacial score (nSPS) is 10.4. The van der Waals surface area contributed by atoms with Gasteiger partial charge >= 0.3 is 0 Å². The van der Waals surface area contributed by atoms with Crippen LogP contribution in [0.3, 0.4) is 0 Å². The average Bonchev–Trinajstić information content (AvgIpc) is 2.28. The summed E-state index contributed by atoms with van der Waals surface area (Å²) in [5.74, 6) is 0.452. The van der Waals surface area contributed by atoms with Gasteiger partial charge in [-0.25, -0.2) is 9.97 Å². The minimum Gasteiger partial charge on any atom is -0.378 e. The number of hydrogen-bond donors (Lipinski definition) is 1. The smallest absolute Gasteiger partial charge is 0.228 e. The van der Waals surface area contributed by atoms with E-state index in [9.17, 15) is 0 Å². The van der Waals surface area contributed by atoms with Crippen LogP contribution in [0.25, 0.3) is 0 Å². The Morgan fingerprint density at radius 1 is 1.33 bits per heavy atom. The van der Waals surface area contributed by atoms with Gasteiger partial charge < -0.3 is 10.1 Å². The van der Waals surface area contributed by atoms with E-state index in [2.05, 4.69) is 31.2 Å². The molecule has 0 amide bonds. The lowest BCUT2D eigenvalue weighted by atomic mass is 10.3. The van der Waals surface area contributed by atoms with Crippen molar-refractivity contribution in [3.05, 3.63) is 45.7 Å². The van der Waals surface area contributed by atoms with Gasteiger partial charge in [0.1, 0.15) is 5.15 Å². The van der Waals surface area contributed by atoms with E-state index in [0.717, 1.165) is 15.9 Å². The third-order valence-corrected chi connectivity index (χ3v) is 2.81. The number of aromatic nitrogens is 2. The first kappa shape index (κ1) is 13.3. The lowest BCUT2D eigenvalue weighted by Crippen LogP contribution is -2.01. The Balaban J connectivity index is 2.23. The Hall–Kier alpha value is -1.17. The first-order valence-corrected chi connectivity index (χ1v) is 6.39. The van der Waals surface area contributed by atoms with Crippen molar-refractivity contribution in [1.82, 2.24) is 9.97 Å². The zero-order valence-electron chi connectivity index (χ0n) is 9.65. The molecule has 1 heterocycles. The predicted octanol–water partition coefficient (Wildman–Crippen LogP) is 3.78. The fraction of sp³-hybridized carbons (Fsp3) is 0.167. The van der Waals surface area contributed by atoms with E-state index in [1.807, 2.05) is 24.3 Å². The van der Waals surface area contributed by atoms with E-state index in [1.54, 1.807) is 13.2 Å². The maximum Gasteiger partial charge on any atom is 0.228 e. The van der Waals surface area contributed by atoms with E-state index in [4.69, 9.17) is 16.3 Å². The second-order valence-electron chi connectivity index (χ2n) is 3.57. The van der Waals surface area contributed by atoms with Gasteiger partial charge in [0, 0.05) is 17.3 Å². The number of anilines is 2. The van der Waals surface area contributed by atoms with E-state index in [1.165, 1.54) is 0 Å². The van der Waals surface area contributed by atoms with Gasteiger partial charge in [-0.2, -0.15) is 0 Å². The molecule has 0 fully saturated rings. The number of nitrogens with zero attached hydrogens (tertiary/aromatic N) is 2. The highest BCUT2D eigenvalue weighted by Gasteiger charge is 2.04. The van der Waals surface area contributed by atoms with Crippen LogP contribution in [0.4, 0.5) is 11.6 Å². The minimum absolute atomic E-state index is 0.384. The zero-order chi connectivity index (χ0) is 13.0. The molecule has 0 bridgehead atoms. The van der Waals surface area contributed by atoms with E-state index in [0.29, 0.717) is 17.7 Å². The second-order valence-corrected chi connectivity index (χ2v) is 4.88. The molecule has 4 nitrogen and oxygen atoms in total. The van der Waals surface area contributed by atoms with Crippen LogP contribution in [0.15, 0.2) is 34.8 Å². The van der Waals surface area contributed by atoms with Crippen LogP contribution in [0.2, 0.25) is 5.15 Å². The van der Waals surface area contributed by atoms with Crippen molar-refractivity contribution in [1.29, 1.82) is 0 Å². The Morgan fingerprint density at radius 2 is 2.17 bits per heavy atom. The second kappa shape index (κ2) is 6.13. The molecule has 18 heavy (non-hydrogen) atoms. The molecule has 1 aromatic carbocycles. The number of hydrogen-bond acceptors (Lipinski definition) is 4. The third-order valence-electron chi connectivity index (χ3n) is 2.12. The molecular weight excluding hydrogens is 318 g/mol. The fourth-order valence-corrected chi connectivity index (χ4v) is 2.04. The third kappa shape index (κ3) is 3.66. The molecule has 0 unspecified atom stereocenters. The quantitative estimate of drug-likeness (QED) is 0.868. The number of rotatable bonds is 4. The van der Waals surface area contributed by atoms with Crippen LogP contribution in [-0.2, 0) is 11.3 Å².